The SMILES string of the molecule is Cc1ccc(OCCCCl)c([N+](=O)[O-])n1. The van der Waals surface area contributed by atoms with Crippen molar-refractivity contribution in [3.05, 3.63) is 27.9 Å². The molecule has 6 heteroatoms. The molecule has 0 amide bonds. The van der Waals surface area contributed by atoms with E-state index in [-0.39, 0.29) is 11.6 Å². The molecule has 0 unspecified atom stereocenters. The van der Waals surface area contributed by atoms with Crippen LogP contribution < -0.4 is 4.74 Å². The zero-order chi connectivity index (χ0) is 11.3. The predicted molar refractivity (Wildman–Crippen MR) is 56.5 cm³/mol. The Bertz CT molecular complexity index is 357. The van der Waals surface area contributed by atoms with Gasteiger partial charge in [0.05, 0.1) is 6.61 Å². The standard InChI is InChI=1S/C9H11ClN2O3/c1-7-3-4-8(15-6-2-5-10)9(11-7)12(13)14/h3-4H,2,5-6H2,1H3. The van der Waals surface area contributed by atoms with Gasteiger partial charge >= 0.3 is 5.82 Å². The molecule has 0 fully saturated rings. The van der Waals surface area contributed by atoms with Crippen LogP contribution in [0.4, 0.5) is 5.82 Å². The Kier molecular flexibility index (Phi) is 4.30. The summed E-state index contributed by atoms with van der Waals surface area (Å²) in [5, 5.41) is 10.6. The summed E-state index contributed by atoms with van der Waals surface area (Å²) in [7, 11) is 0. The van der Waals surface area contributed by atoms with Crippen LogP contribution in [-0.4, -0.2) is 22.4 Å². The number of aryl methyl sites for hydroxylation is 1. The number of nitro groups is 1. The fourth-order valence-corrected chi connectivity index (χ4v) is 1.12. The van der Waals surface area contributed by atoms with Gasteiger partial charge in [-0.25, -0.2) is 0 Å². The number of nitrogens with zero attached hydrogens (tertiary/aromatic N) is 2. The molecular formula is C9H11ClN2O3. The summed E-state index contributed by atoms with van der Waals surface area (Å²) in [6, 6.07) is 3.22. The Morgan fingerprint density at radius 3 is 2.93 bits per heavy atom. The second kappa shape index (κ2) is 5.50. The Balaban J connectivity index is 2.81. The van der Waals surface area contributed by atoms with Crippen molar-refractivity contribution in [2.24, 2.45) is 0 Å². The highest BCUT2D eigenvalue weighted by Crippen LogP contribution is 2.24. The quantitative estimate of drug-likeness (QED) is 0.337. The minimum atomic E-state index is -0.553. The van der Waals surface area contributed by atoms with Gasteiger partial charge in [0.15, 0.2) is 0 Å². The van der Waals surface area contributed by atoms with Gasteiger partial charge in [0.25, 0.3) is 0 Å². The molecule has 0 N–H and O–H groups in total. The summed E-state index contributed by atoms with van der Waals surface area (Å²) in [5.41, 5.74) is 0.589. The van der Waals surface area contributed by atoms with Crippen molar-refractivity contribution >= 4 is 17.4 Å². The lowest BCUT2D eigenvalue weighted by molar-refractivity contribution is -0.390. The van der Waals surface area contributed by atoms with Crippen molar-refractivity contribution < 1.29 is 9.66 Å². The van der Waals surface area contributed by atoms with Gasteiger partial charge in [0.1, 0.15) is 5.69 Å². The number of hydrogen-bond donors (Lipinski definition) is 0. The van der Waals surface area contributed by atoms with Crippen molar-refractivity contribution in [1.82, 2.24) is 4.98 Å². The molecule has 1 aromatic heterocycles. The van der Waals surface area contributed by atoms with Crippen molar-refractivity contribution in [2.75, 3.05) is 12.5 Å². The molecule has 1 rings (SSSR count). The van der Waals surface area contributed by atoms with Crippen LogP contribution in [0.2, 0.25) is 0 Å². The Morgan fingerprint density at radius 1 is 1.60 bits per heavy atom. The van der Waals surface area contributed by atoms with Gasteiger partial charge < -0.3 is 14.9 Å². The monoisotopic (exact) mass is 230 g/mol. The largest absolute Gasteiger partial charge is 0.486 e. The highest BCUT2D eigenvalue weighted by atomic mass is 35.5. The second-order valence-corrected chi connectivity index (χ2v) is 3.30. The normalized spacial score (nSPS) is 10.0. The Hall–Kier alpha value is -1.36. The van der Waals surface area contributed by atoms with Crippen molar-refractivity contribution in [2.45, 2.75) is 13.3 Å². The van der Waals surface area contributed by atoms with Crippen LogP contribution in [-0.2, 0) is 0 Å². The zero-order valence-electron chi connectivity index (χ0n) is 8.27. The van der Waals surface area contributed by atoms with Gasteiger partial charge in [-0.3, -0.25) is 0 Å². The summed E-state index contributed by atoms with van der Waals surface area (Å²) in [4.78, 5) is 13.9. The molecule has 0 saturated heterocycles. The van der Waals surface area contributed by atoms with Gasteiger partial charge in [0.2, 0.25) is 5.75 Å². The molecule has 0 spiro atoms. The number of alkyl halides is 1. The lowest BCUT2D eigenvalue weighted by atomic mass is 10.3. The molecule has 0 saturated carbocycles. The molecule has 0 atom stereocenters. The summed E-state index contributed by atoms with van der Waals surface area (Å²) in [5.74, 6) is 0.410. The third-order valence-electron chi connectivity index (χ3n) is 1.69. The minimum absolute atomic E-state index is 0.190. The highest BCUT2D eigenvalue weighted by Gasteiger charge is 2.16. The lowest BCUT2D eigenvalue weighted by Crippen LogP contribution is -2.03. The van der Waals surface area contributed by atoms with Crippen LogP contribution in [0.5, 0.6) is 5.75 Å². The van der Waals surface area contributed by atoms with Crippen LogP contribution in [0, 0.1) is 17.0 Å². The van der Waals surface area contributed by atoms with Crippen LogP contribution in [0.1, 0.15) is 12.1 Å². The molecule has 0 aliphatic carbocycles. The second-order valence-electron chi connectivity index (χ2n) is 2.92. The smallest absolute Gasteiger partial charge is 0.406 e. The van der Waals surface area contributed by atoms with E-state index in [9.17, 15) is 10.1 Å². The molecule has 0 aliphatic heterocycles. The third-order valence-corrected chi connectivity index (χ3v) is 1.95. The minimum Gasteiger partial charge on any atom is -0.486 e. The average molecular weight is 231 g/mol. The van der Waals surface area contributed by atoms with E-state index < -0.39 is 4.92 Å². The molecular weight excluding hydrogens is 220 g/mol. The van der Waals surface area contributed by atoms with E-state index in [4.69, 9.17) is 16.3 Å². The van der Waals surface area contributed by atoms with E-state index in [0.717, 1.165) is 0 Å². The van der Waals surface area contributed by atoms with Crippen molar-refractivity contribution in [3.8, 4) is 5.75 Å². The topological polar surface area (TPSA) is 65.3 Å². The molecule has 0 bridgehead atoms. The van der Waals surface area contributed by atoms with Crippen LogP contribution >= 0.6 is 11.6 Å². The van der Waals surface area contributed by atoms with Crippen LogP contribution in [0.15, 0.2) is 12.1 Å². The number of ether oxygens (including phenoxy) is 1. The lowest BCUT2D eigenvalue weighted by Gasteiger charge is -2.04. The van der Waals surface area contributed by atoms with Crippen LogP contribution in [0.25, 0.3) is 0 Å². The van der Waals surface area contributed by atoms with E-state index in [2.05, 4.69) is 4.98 Å². The molecule has 1 heterocycles. The van der Waals surface area contributed by atoms with E-state index in [1.807, 2.05) is 0 Å². The van der Waals surface area contributed by atoms with E-state index in [1.54, 1.807) is 19.1 Å². The molecule has 1 aromatic rings. The molecule has 0 radical (unpaired) electrons. The molecule has 0 aliphatic rings. The first-order valence-corrected chi connectivity index (χ1v) is 4.99. The van der Waals surface area contributed by atoms with Crippen molar-refractivity contribution in [3.63, 3.8) is 0 Å². The maximum atomic E-state index is 10.6. The molecule has 0 aromatic carbocycles. The third kappa shape index (κ3) is 3.36. The maximum Gasteiger partial charge on any atom is 0.406 e. The summed E-state index contributed by atoms with van der Waals surface area (Å²) in [6.07, 6.45) is 0.645. The first kappa shape index (κ1) is 11.7. The van der Waals surface area contributed by atoms with E-state index in [1.165, 1.54) is 0 Å². The molecule has 82 valence electrons. The van der Waals surface area contributed by atoms with E-state index >= 15 is 0 Å². The fraction of sp³-hybridized carbons (Fsp3) is 0.444. The summed E-state index contributed by atoms with van der Waals surface area (Å²) < 4.78 is 5.21. The zero-order valence-corrected chi connectivity index (χ0v) is 9.03. The number of hydrogen-bond acceptors (Lipinski definition) is 4. The predicted octanol–water partition coefficient (Wildman–Crippen LogP) is 2.31. The van der Waals surface area contributed by atoms with Gasteiger partial charge in [-0.15, -0.1) is 11.6 Å². The van der Waals surface area contributed by atoms with Gasteiger partial charge in [-0.2, -0.15) is 0 Å². The van der Waals surface area contributed by atoms with Gasteiger partial charge in [-0.1, -0.05) is 0 Å². The number of halogens is 1. The summed E-state index contributed by atoms with van der Waals surface area (Å²) >= 11 is 5.47. The van der Waals surface area contributed by atoms with Gasteiger partial charge in [-0.05, 0) is 28.5 Å². The number of rotatable bonds is 5. The highest BCUT2D eigenvalue weighted by molar-refractivity contribution is 6.17. The fourth-order valence-electron chi connectivity index (χ4n) is 1.01. The molecule has 15 heavy (non-hydrogen) atoms. The Morgan fingerprint density at radius 2 is 2.33 bits per heavy atom. The van der Waals surface area contributed by atoms with Gasteiger partial charge in [0, 0.05) is 12.8 Å². The van der Waals surface area contributed by atoms with Crippen molar-refractivity contribution in [1.29, 1.82) is 0 Å². The Labute approximate surface area is 92.2 Å². The molecule has 5 nitrogen and oxygen atoms in total. The maximum absolute atomic E-state index is 10.6. The first-order valence-electron chi connectivity index (χ1n) is 4.46. The average Bonchev–Trinajstić information content (AvgIpc) is 2.20. The number of aromatic nitrogens is 1. The summed E-state index contributed by atoms with van der Waals surface area (Å²) in [6.45, 7) is 2.05. The first-order chi connectivity index (χ1) is 7.15. The number of pyridine rings is 1. The van der Waals surface area contributed by atoms with E-state index in [0.29, 0.717) is 24.6 Å². The van der Waals surface area contributed by atoms with Crippen LogP contribution in [0.3, 0.4) is 0 Å².